The molecule has 1 aliphatic rings. The van der Waals surface area contributed by atoms with Crippen molar-refractivity contribution in [3.05, 3.63) is 59.8 Å². The van der Waals surface area contributed by atoms with Crippen molar-refractivity contribution in [3.8, 4) is 17.4 Å². The summed E-state index contributed by atoms with van der Waals surface area (Å²) in [6.45, 7) is 0.625. The highest BCUT2D eigenvalue weighted by atomic mass is 16.5. The number of nitrogen functional groups attached to an aromatic ring is 1. The summed E-state index contributed by atoms with van der Waals surface area (Å²) in [4.78, 5) is 4.38. The van der Waals surface area contributed by atoms with Gasteiger partial charge in [0.05, 0.1) is 18.7 Å². The molecule has 128 valence electrons. The van der Waals surface area contributed by atoms with Crippen molar-refractivity contribution in [1.29, 1.82) is 0 Å². The normalized spacial score (nSPS) is 15.3. The minimum absolute atomic E-state index is 0.0732. The van der Waals surface area contributed by atoms with Gasteiger partial charge in [0.15, 0.2) is 0 Å². The van der Waals surface area contributed by atoms with E-state index in [1.807, 2.05) is 12.1 Å². The first-order valence-electron chi connectivity index (χ1n) is 8.02. The van der Waals surface area contributed by atoms with Crippen LogP contribution in [0.5, 0.6) is 17.4 Å². The van der Waals surface area contributed by atoms with Gasteiger partial charge in [-0.2, -0.15) is 0 Å². The Labute approximate surface area is 143 Å². The molecule has 0 unspecified atom stereocenters. The van der Waals surface area contributed by atoms with E-state index in [2.05, 4.69) is 4.98 Å². The minimum atomic E-state index is -0.288. The van der Waals surface area contributed by atoms with E-state index in [1.54, 1.807) is 35.4 Å². The van der Waals surface area contributed by atoms with Gasteiger partial charge in [-0.15, -0.1) is 0 Å². The molecule has 0 saturated heterocycles. The average Bonchev–Trinajstić information content (AvgIpc) is 3.13. The van der Waals surface area contributed by atoms with E-state index in [-0.39, 0.29) is 18.3 Å². The maximum atomic E-state index is 9.77. The smallest absolute Gasteiger partial charge is 0.306 e. The Bertz CT molecular complexity index is 909. The van der Waals surface area contributed by atoms with E-state index in [4.69, 9.17) is 20.0 Å². The van der Waals surface area contributed by atoms with Gasteiger partial charge in [0.2, 0.25) is 12.1 Å². The van der Waals surface area contributed by atoms with Crippen LogP contribution in [0.4, 0.5) is 5.82 Å². The van der Waals surface area contributed by atoms with Crippen LogP contribution in [-0.4, -0.2) is 21.8 Å². The van der Waals surface area contributed by atoms with Crippen LogP contribution >= 0.6 is 0 Å². The highest BCUT2D eigenvalue weighted by molar-refractivity contribution is 5.60. The molecule has 0 radical (unpaired) electrons. The van der Waals surface area contributed by atoms with Crippen molar-refractivity contribution in [2.75, 3.05) is 12.3 Å². The van der Waals surface area contributed by atoms with Crippen LogP contribution in [0.2, 0.25) is 0 Å². The highest BCUT2D eigenvalue weighted by Crippen LogP contribution is 2.48. The molecule has 7 heteroatoms. The predicted octanol–water partition coefficient (Wildman–Crippen LogP) is 1.92. The first-order chi connectivity index (χ1) is 12.2. The fourth-order valence-electron chi connectivity index (χ4n) is 3.15. The van der Waals surface area contributed by atoms with Crippen LogP contribution in [-0.2, 0) is 6.54 Å². The van der Waals surface area contributed by atoms with Crippen LogP contribution in [0.3, 0.4) is 0 Å². The van der Waals surface area contributed by atoms with Crippen molar-refractivity contribution in [2.45, 2.75) is 18.9 Å². The van der Waals surface area contributed by atoms with Crippen molar-refractivity contribution in [3.63, 3.8) is 0 Å². The predicted molar refractivity (Wildman–Crippen MR) is 88.4 cm³/mol. The topological polar surface area (TPSA) is 106 Å². The number of fused-ring (bicyclic) bond motifs is 2. The van der Waals surface area contributed by atoms with Crippen LogP contribution < -0.4 is 15.0 Å². The molecule has 3 aromatic rings. The van der Waals surface area contributed by atoms with E-state index in [1.165, 1.54) is 0 Å². The van der Waals surface area contributed by atoms with Crippen molar-refractivity contribution in [1.82, 2.24) is 4.98 Å². The summed E-state index contributed by atoms with van der Waals surface area (Å²) in [5.74, 6) is 1.96. The van der Waals surface area contributed by atoms with Gasteiger partial charge >= 0.3 is 5.88 Å². The third-order valence-corrected chi connectivity index (χ3v) is 4.32. The maximum absolute atomic E-state index is 9.77. The molecule has 1 aromatic carbocycles. The number of aryl methyl sites for hydroxylation is 1. The lowest BCUT2D eigenvalue weighted by Gasteiger charge is -2.25. The van der Waals surface area contributed by atoms with Crippen LogP contribution in [0.1, 0.15) is 29.2 Å². The van der Waals surface area contributed by atoms with Gasteiger partial charge in [-0.3, -0.25) is 0 Å². The van der Waals surface area contributed by atoms with Gasteiger partial charge in [-0.25, -0.2) is 4.57 Å². The number of hydrogen-bond acceptors (Lipinski definition) is 6. The summed E-state index contributed by atoms with van der Waals surface area (Å²) in [7, 11) is 0. The number of hydrogen-bond donors (Lipinski definition) is 3. The molecule has 25 heavy (non-hydrogen) atoms. The van der Waals surface area contributed by atoms with Crippen LogP contribution in [0.25, 0.3) is 0 Å². The molecule has 1 atom stereocenters. The third kappa shape index (κ3) is 2.58. The second kappa shape index (κ2) is 6.10. The number of aromatic nitrogens is 2. The largest absolute Gasteiger partial charge is 0.508 e. The number of aliphatic hydroxyl groups is 1. The quantitative estimate of drug-likeness (QED) is 0.490. The van der Waals surface area contributed by atoms with Gasteiger partial charge < -0.3 is 25.1 Å². The number of aliphatic hydroxyl groups excluding tert-OH is 1. The number of aromatic hydroxyl groups is 1. The van der Waals surface area contributed by atoms with Gasteiger partial charge in [0.1, 0.15) is 22.8 Å². The number of furan rings is 1. The Morgan fingerprint density at radius 2 is 2.16 bits per heavy atom. The zero-order chi connectivity index (χ0) is 17.4. The lowest BCUT2D eigenvalue weighted by Crippen LogP contribution is -2.40. The van der Waals surface area contributed by atoms with Crippen LogP contribution in [0, 0.1) is 0 Å². The number of rotatable bonds is 4. The van der Waals surface area contributed by atoms with Crippen LogP contribution in [0.15, 0.2) is 47.3 Å². The third-order valence-electron chi connectivity index (χ3n) is 4.32. The molecule has 7 nitrogen and oxygen atoms in total. The Kier molecular flexibility index (Phi) is 3.77. The Balaban J connectivity index is 1.91. The monoisotopic (exact) mass is 340 g/mol. The molecular formula is C18H18N3O4+. The standard InChI is InChI=1S/C18H17N3O4/c19-17-16-15(13-3-1-8-24-13)12-5-4-11(23)9-14(12)25-18(16)20-10-21(17)6-2-7-22/h1,3-5,8-10,15,19,22-23H,2,6-7H2/p+1/t15-/m0/s1. The van der Waals surface area contributed by atoms with E-state index in [9.17, 15) is 5.11 Å². The summed E-state index contributed by atoms with van der Waals surface area (Å²) >= 11 is 0. The lowest BCUT2D eigenvalue weighted by molar-refractivity contribution is -0.686. The summed E-state index contributed by atoms with van der Waals surface area (Å²) < 4.78 is 13.3. The number of ether oxygens (including phenoxy) is 1. The molecule has 0 saturated carbocycles. The zero-order valence-electron chi connectivity index (χ0n) is 13.4. The Morgan fingerprint density at radius 3 is 2.92 bits per heavy atom. The molecule has 1 aliphatic heterocycles. The maximum Gasteiger partial charge on any atom is 0.306 e. The fraction of sp³-hybridized carbons (Fsp3) is 0.222. The average molecular weight is 340 g/mol. The van der Waals surface area contributed by atoms with E-state index >= 15 is 0 Å². The number of nitrogens with two attached hydrogens (primary N) is 1. The fourth-order valence-corrected chi connectivity index (χ4v) is 3.15. The molecule has 0 bridgehead atoms. The number of nitrogens with zero attached hydrogens (tertiary/aromatic N) is 2. The van der Waals surface area contributed by atoms with Gasteiger partial charge in [-0.1, -0.05) is 11.1 Å². The summed E-state index contributed by atoms with van der Waals surface area (Å²) in [5.41, 5.74) is 7.96. The molecule has 0 aliphatic carbocycles. The minimum Gasteiger partial charge on any atom is -0.508 e. The van der Waals surface area contributed by atoms with Crippen molar-refractivity contribution >= 4 is 5.82 Å². The number of phenols is 1. The molecule has 4 rings (SSSR count). The summed E-state index contributed by atoms with van der Waals surface area (Å²) in [5, 5.41) is 18.8. The molecule has 0 fully saturated rings. The SMILES string of the molecule is Nc1c2c(nc[n+]1CCCO)Oc1cc(O)ccc1[C@H]2c1ccco1. The molecule has 0 spiro atoms. The van der Waals surface area contributed by atoms with Crippen molar-refractivity contribution < 1.29 is 23.9 Å². The highest BCUT2D eigenvalue weighted by Gasteiger charge is 2.37. The number of benzene rings is 1. The number of anilines is 1. The summed E-state index contributed by atoms with van der Waals surface area (Å²) in [6.07, 6.45) is 3.78. The second-order valence-corrected chi connectivity index (χ2v) is 5.89. The van der Waals surface area contributed by atoms with E-state index in [0.717, 1.165) is 5.56 Å². The Morgan fingerprint density at radius 1 is 1.28 bits per heavy atom. The molecular weight excluding hydrogens is 322 g/mol. The molecule has 4 N–H and O–H groups in total. The zero-order valence-corrected chi connectivity index (χ0v) is 13.4. The molecule has 3 heterocycles. The van der Waals surface area contributed by atoms with E-state index in [0.29, 0.717) is 41.7 Å². The first-order valence-corrected chi connectivity index (χ1v) is 8.02. The Hall–Kier alpha value is -3.06. The van der Waals surface area contributed by atoms with Gasteiger partial charge in [0, 0.05) is 24.7 Å². The lowest BCUT2D eigenvalue weighted by atomic mass is 9.87. The molecule has 0 amide bonds. The summed E-state index contributed by atoms with van der Waals surface area (Å²) in [6, 6.07) is 8.65. The number of phenolic OH excluding ortho intramolecular Hbond substituents is 1. The van der Waals surface area contributed by atoms with Gasteiger partial charge in [-0.05, 0) is 18.2 Å². The first kappa shape index (κ1) is 15.5. The van der Waals surface area contributed by atoms with E-state index < -0.39 is 0 Å². The van der Waals surface area contributed by atoms with Crippen molar-refractivity contribution in [2.24, 2.45) is 0 Å². The van der Waals surface area contributed by atoms with Gasteiger partial charge in [0.25, 0.3) is 0 Å². The second-order valence-electron chi connectivity index (χ2n) is 5.89. The molecule has 2 aromatic heterocycles.